The van der Waals surface area contributed by atoms with Crippen LogP contribution in [0.25, 0.3) is 0 Å². The molecule has 1 N–H and O–H groups in total. The SMILES string of the molecule is COc1cc2c(cc1OCc1ccccc1)CCN1C[C@@H](c3cccc(C)c3)C(=NO)C[C@H]21. The molecule has 1 saturated heterocycles. The molecule has 33 heavy (non-hydrogen) atoms. The normalized spacial score (nSPS) is 21.3. The molecule has 5 rings (SSSR count). The second kappa shape index (κ2) is 9.28. The van der Waals surface area contributed by atoms with Gasteiger partial charge in [-0.25, -0.2) is 0 Å². The molecule has 3 aromatic carbocycles. The predicted molar refractivity (Wildman–Crippen MR) is 130 cm³/mol. The third-order valence-corrected chi connectivity index (χ3v) is 6.93. The van der Waals surface area contributed by atoms with Crippen molar-refractivity contribution in [1.82, 2.24) is 4.90 Å². The van der Waals surface area contributed by atoms with E-state index in [9.17, 15) is 5.21 Å². The van der Waals surface area contributed by atoms with Crippen LogP contribution in [0.3, 0.4) is 0 Å². The molecule has 0 spiro atoms. The minimum absolute atomic E-state index is 0.114. The fourth-order valence-corrected chi connectivity index (χ4v) is 5.20. The molecule has 0 amide bonds. The van der Waals surface area contributed by atoms with E-state index in [1.165, 1.54) is 22.3 Å². The van der Waals surface area contributed by atoms with Crippen LogP contribution < -0.4 is 9.47 Å². The van der Waals surface area contributed by atoms with Crippen molar-refractivity contribution in [2.45, 2.75) is 38.3 Å². The van der Waals surface area contributed by atoms with Crippen LogP contribution in [0.15, 0.2) is 71.9 Å². The monoisotopic (exact) mass is 442 g/mol. The molecule has 1 fully saturated rings. The standard InChI is InChI=1S/C28H30N2O3/c1-19-7-6-10-21(13-19)24-17-30-12-11-22-14-28(33-18-20-8-4-3-5-9-20)27(32-2)15-23(22)26(30)16-25(24)29-31/h3-10,13-15,24,26,31H,11-12,16-18H2,1-2H3/t24-,26+/m0/s1. The predicted octanol–water partition coefficient (Wildman–Crippen LogP) is 5.50. The van der Waals surface area contributed by atoms with E-state index in [2.05, 4.69) is 65.5 Å². The summed E-state index contributed by atoms with van der Waals surface area (Å²) < 4.78 is 11.9. The van der Waals surface area contributed by atoms with Crippen LogP contribution in [-0.4, -0.2) is 36.0 Å². The Morgan fingerprint density at radius 2 is 1.88 bits per heavy atom. The van der Waals surface area contributed by atoms with Crippen LogP contribution in [-0.2, 0) is 13.0 Å². The van der Waals surface area contributed by atoms with Crippen molar-refractivity contribution >= 4 is 5.71 Å². The molecule has 5 heteroatoms. The first kappa shape index (κ1) is 21.5. The van der Waals surface area contributed by atoms with Crippen LogP contribution in [0, 0.1) is 6.92 Å². The van der Waals surface area contributed by atoms with E-state index in [1.54, 1.807) is 7.11 Å². The molecule has 0 aromatic heterocycles. The van der Waals surface area contributed by atoms with Crippen molar-refractivity contribution in [3.05, 3.63) is 94.5 Å². The molecule has 0 aliphatic carbocycles. The zero-order valence-corrected chi connectivity index (χ0v) is 19.2. The van der Waals surface area contributed by atoms with Gasteiger partial charge >= 0.3 is 0 Å². The third kappa shape index (κ3) is 4.33. The highest BCUT2D eigenvalue weighted by atomic mass is 16.5. The number of ether oxygens (including phenoxy) is 2. The van der Waals surface area contributed by atoms with Crippen LogP contribution in [0.2, 0.25) is 0 Å². The number of piperidine rings is 1. The highest BCUT2D eigenvalue weighted by Crippen LogP contribution is 2.44. The highest BCUT2D eigenvalue weighted by Gasteiger charge is 2.38. The van der Waals surface area contributed by atoms with Gasteiger partial charge in [0.2, 0.25) is 0 Å². The summed E-state index contributed by atoms with van der Waals surface area (Å²) in [6, 6.07) is 23.1. The minimum Gasteiger partial charge on any atom is -0.493 e. The van der Waals surface area contributed by atoms with Crippen molar-refractivity contribution in [2.24, 2.45) is 5.16 Å². The van der Waals surface area contributed by atoms with Gasteiger partial charge in [0.25, 0.3) is 0 Å². The van der Waals surface area contributed by atoms with E-state index in [0.717, 1.165) is 42.3 Å². The Bertz CT molecular complexity index is 1160. The summed E-state index contributed by atoms with van der Waals surface area (Å²) in [5.74, 6) is 1.64. The Morgan fingerprint density at radius 3 is 2.64 bits per heavy atom. The molecule has 5 nitrogen and oxygen atoms in total. The number of aryl methyl sites for hydroxylation is 1. The van der Waals surface area contributed by atoms with Crippen LogP contribution in [0.1, 0.15) is 46.2 Å². The summed E-state index contributed by atoms with van der Waals surface area (Å²) in [4.78, 5) is 2.52. The minimum atomic E-state index is 0.114. The number of nitrogens with zero attached hydrogens (tertiary/aromatic N) is 2. The van der Waals surface area contributed by atoms with Crippen molar-refractivity contribution in [3.8, 4) is 11.5 Å². The smallest absolute Gasteiger partial charge is 0.161 e. The number of rotatable bonds is 5. The van der Waals surface area contributed by atoms with Gasteiger partial charge in [0.1, 0.15) is 6.61 Å². The molecule has 2 aliphatic heterocycles. The average molecular weight is 443 g/mol. The second-order valence-electron chi connectivity index (χ2n) is 9.00. The number of fused-ring (bicyclic) bond motifs is 3. The first-order chi connectivity index (χ1) is 16.2. The summed E-state index contributed by atoms with van der Waals surface area (Å²) in [6.45, 7) is 4.43. The van der Waals surface area contributed by atoms with E-state index in [0.29, 0.717) is 13.0 Å². The van der Waals surface area contributed by atoms with E-state index in [4.69, 9.17) is 9.47 Å². The number of oxime groups is 1. The summed E-state index contributed by atoms with van der Waals surface area (Å²) in [5.41, 5.74) is 6.94. The molecule has 0 saturated carbocycles. The van der Waals surface area contributed by atoms with Gasteiger partial charge in [0, 0.05) is 31.5 Å². The van der Waals surface area contributed by atoms with Gasteiger partial charge in [-0.3, -0.25) is 4.90 Å². The molecule has 0 unspecified atom stereocenters. The van der Waals surface area contributed by atoms with Gasteiger partial charge in [-0.2, -0.15) is 0 Å². The van der Waals surface area contributed by atoms with Gasteiger partial charge < -0.3 is 14.7 Å². The van der Waals surface area contributed by atoms with Crippen molar-refractivity contribution in [3.63, 3.8) is 0 Å². The summed E-state index contributed by atoms with van der Waals surface area (Å²) >= 11 is 0. The lowest BCUT2D eigenvalue weighted by Crippen LogP contribution is -2.45. The van der Waals surface area contributed by atoms with Crippen LogP contribution in [0.4, 0.5) is 0 Å². The van der Waals surface area contributed by atoms with Crippen LogP contribution >= 0.6 is 0 Å². The molecule has 0 bridgehead atoms. The largest absolute Gasteiger partial charge is 0.493 e. The third-order valence-electron chi connectivity index (χ3n) is 6.93. The number of hydrogen-bond acceptors (Lipinski definition) is 5. The zero-order valence-electron chi connectivity index (χ0n) is 19.2. The molecular weight excluding hydrogens is 412 g/mol. The zero-order chi connectivity index (χ0) is 22.8. The molecule has 2 aliphatic rings. The first-order valence-electron chi connectivity index (χ1n) is 11.5. The van der Waals surface area contributed by atoms with E-state index in [1.807, 2.05) is 18.2 Å². The molecular formula is C28H30N2O3. The topological polar surface area (TPSA) is 54.3 Å². The fraction of sp³-hybridized carbons (Fsp3) is 0.321. The first-order valence-corrected chi connectivity index (χ1v) is 11.5. The summed E-state index contributed by atoms with van der Waals surface area (Å²) in [6.07, 6.45) is 1.67. The number of methoxy groups -OCH3 is 1. The maximum Gasteiger partial charge on any atom is 0.161 e. The molecule has 0 radical (unpaired) electrons. The maximum atomic E-state index is 9.88. The molecule has 170 valence electrons. The Kier molecular flexibility index (Phi) is 6.05. The average Bonchev–Trinajstić information content (AvgIpc) is 2.86. The molecule has 2 atom stereocenters. The lowest BCUT2D eigenvalue weighted by molar-refractivity contribution is 0.166. The highest BCUT2D eigenvalue weighted by molar-refractivity contribution is 5.92. The van der Waals surface area contributed by atoms with E-state index >= 15 is 0 Å². The van der Waals surface area contributed by atoms with Crippen molar-refractivity contribution in [2.75, 3.05) is 20.2 Å². The second-order valence-corrected chi connectivity index (χ2v) is 9.00. The number of hydrogen-bond donors (Lipinski definition) is 1. The molecule has 2 heterocycles. The van der Waals surface area contributed by atoms with Gasteiger partial charge in [-0.15, -0.1) is 0 Å². The van der Waals surface area contributed by atoms with Gasteiger partial charge in [-0.1, -0.05) is 65.3 Å². The van der Waals surface area contributed by atoms with Gasteiger partial charge in [-0.05, 0) is 47.7 Å². The van der Waals surface area contributed by atoms with Crippen molar-refractivity contribution < 1.29 is 14.7 Å². The Morgan fingerprint density at radius 1 is 1.03 bits per heavy atom. The van der Waals surface area contributed by atoms with E-state index < -0.39 is 0 Å². The maximum absolute atomic E-state index is 9.88. The molecule has 3 aromatic rings. The van der Waals surface area contributed by atoms with E-state index in [-0.39, 0.29) is 12.0 Å². The van der Waals surface area contributed by atoms with Gasteiger partial charge in [0.05, 0.1) is 12.8 Å². The number of benzene rings is 3. The summed E-state index contributed by atoms with van der Waals surface area (Å²) in [7, 11) is 1.69. The van der Waals surface area contributed by atoms with Gasteiger partial charge in [0.15, 0.2) is 11.5 Å². The van der Waals surface area contributed by atoms with Crippen molar-refractivity contribution in [1.29, 1.82) is 0 Å². The Hall–Kier alpha value is -3.31. The summed E-state index contributed by atoms with van der Waals surface area (Å²) in [5, 5.41) is 13.6. The van der Waals surface area contributed by atoms with Crippen LogP contribution in [0.5, 0.6) is 11.5 Å². The lowest BCUT2D eigenvalue weighted by Gasteiger charge is -2.44. The fourth-order valence-electron chi connectivity index (χ4n) is 5.20. The quantitative estimate of drug-likeness (QED) is 0.419. The lowest BCUT2D eigenvalue weighted by atomic mass is 9.79. The Labute approximate surface area is 195 Å². The Balaban J connectivity index is 1.41.